The van der Waals surface area contributed by atoms with Crippen LogP contribution in [-0.2, 0) is 11.3 Å². The van der Waals surface area contributed by atoms with Gasteiger partial charge in [0.25, 0.3) is 0 Å². The average molecular weight is 274 g/mol. The second-order valence-corrected chi connectivity index (χ2v) is 6.47. The first kappa shape index (κ1) is 14.0. The molecule has 3 nitrogen and oxygen atoms in total. The molecule has 2 aliphatic rings. The Morgan fingerprint density at radius 1 is 1.30 bits per heavy atom. The number of hydrogen-bond donors (Lipinski definition) is 0. The summed E-state index contributed by atoms with van der Waals surface area (Å²) in [5.41, 5.74) is 3.95. The molecular formula is C17H26N2O. The molecule has 110 valence electrons. The van der Waals surface area contributed by atoms with Crippen molar-refractivity contribution in [2.45, 2.75) is 51.5 Å². The fourth-order valence-corrected chi connectivity index (χ4v) is 3.28. The standard InChI is InChI=1S/C17H26N2O/c1-13(2)16-6-5-15(14-7-10-20-12-14)17(18-16)11-19-8-3-4-9-19/h5-6,13-14H,3-4,7-12H2,1-2H3. The lowest BCUT2D eigenvalue weighted by Gasteiger charge is -2.20. The minimum Gasteiger partial charge on any atom is -0.381 e. The molecule has 0 amide bonds. The van der Waals surface area contributed by atoms with Gasteiger partial charge in [-0.1, -0.05) is 19.9 Å². The van der Waals surface area contributed by atoms with E-state index in [-0.39, 0.29) is 0 Å². The molecule has 3 heterocycles. The molecule has 0 radical (unpaired) electrons. The summed E-state index contributed by atoms with van der Waals surface area (Å²) in [5, 5.41) is 0. The normalized spacial score (nSPS) is 23.9. The number of hydrogen-bond acceptors (Lipinski definition) is 3. The van der Waals surface area contributed by atoms with Crippen molar-refractivity contribution in [2.24, 2.45) is 0 Å². The topological polar surface area (TPSA) is 25.4 Å². The van der Waals surface area contributed by atoms with Gasteiger partial charge in [0, 0.05) is 24.8 Å². The maximum atomic E-state index is 5.57. The summed E-state index contributed by atoms with van der Waals surface area (Å²) in [6, 6.07) is 4.53. The molecule has 2 fully saturated rings. The van der Waals surface area contributed by atoms with E-state index < -0.39 is 0 Å². The third-order valence-electron chi connectivity index (χ3n) is 4.56. The Balaban J connectivity index is 1.86. The minimum atomic E-state index is 0.501. The van der Waals surface area contributed by atoms with Gasteiger partial charge in [-0.3, -0.25) is 9.88 Å². The number of aromatic nitrogens is 1. The number of ether oxygens (including phenoxy) is 1. The van der Waals surface area contributed by atoms with Gasteiger partial charge in [-0.25, -0.2) is 0 Å². The van der Waals surface area contributed by atoms with Gasteiger partial charge >= 0.3 is 0 Å². The van der Waals surface area contributed by atoms with Crippen LogP contribution in [0.3, 0.4) is 0 Å². The highest BCUT2D eigenvalue weighted by Crippen LogP contribution is 2.29. The molecule has 0 aliphatic carbocycles. The maximum absolute atomic E-state index is 5.57. The zero-order valence-corrected chi connectivity index (χ0v) is 12.8. The Hall–Kier alpha value is -0.930. The van der Waals surface area contributed by atoms with Gasteiger partial charge in [-0.2, -0.15) is 0 Å². The molecule has 0 bridgehead atoms. The zero-order valence-electron chi connectivity index (χ0n) is 12.8. The molecule has 0 saturated carbocycles. The highest BCUT2D eigenvalue weighted by Gasteiger charge is 2.23. The van der Waals surface area contributed by atoms with Crippen molar-refractivity contribution in [1.29, 1.82) is 0 Å². The van der Waals surface area contributed by atoms with Crippen LogP contribution in [0.15, 0.2) is 12.1 Å². The molecule has 0 aromatic carbocycles. The van der Waals surface area contributed by atoms with E-state index in [1.165, 1.54) is 42.9 Å². The van der Waals surface area contributed by atoms with Gasteiger partial charge in [0.1, 0.15) is 0 Å². The highest BCUT2D eigenvalue weighted by atomic mass is 16.5. The summed E-state index contributed by atoms with van der Waals surface area (Å²) < 4.78 is 5.57. The van der Waals surface area contributed by atoms with Gasteiger partial charge in [-0.05, 0) is 49.9 Å². The summed E-state index contributed by atoms with van der Waals surface area (Å²) in [7, 11) is 0. The lowest BCUT2D eigenvalue weighted by Crippen LogP contribution is -2.21. The van der Waals surface area contributed by atoms with Gasteiger partial charge in [-0.15, -0.1) is 0 Å². The van der Waals surface area contributed by atoms with E-state index in [4.69, 9.17) is 9.72 Å². The van der Waals surface area contributed by atoms with Crippen LogP contribution >= 0.6 is 0 Å². The number of pyridine rings is 1. The van der Waals surface area contributed by atoms with E-state index in [0.29, 0.717) is 11.8 Å². The lowest BCUT2D eigenvalue weighted by molar-refractivity contribution is 0.193. The van der Waals surface area contributed by atoms with Gasteiger partial charge < -0.3 is 4.74 Å². The Morgan fingerprint density at radius 3 is 2.75 bits per heavy atom. The molecule has 1 aromatic rings. The zero-order chi connectivity index (χ0) is 13.9. The minimum absolute atomic E-state index is 0.501. The Labute approximate surface area is 122 Å². The van der Waals surface area contributed by atoms with E-state index in [0.717, 1.165) is 26.2 Å². The molecular weight excluding hydrogens is 248 g/mol. The van der Waals surface area contributed by atoms with Gasteiger partial charge in [0.15, 0.2) is 0 Å². The number of likely N-dealkylation sites (tertiary alicyclic amines) is 1. The first-order valence-corrected chi connectivity index (χ1v) is 8.04. The molecule has 3 heteroatoms. The van der Waals surface area contributed by atoms with Crippen LogP contribution in [0, 0.1) is 0 Å². The second kappa shape index (κ2) is 6.23. The summed E-state index contributed by atoms with van der Waals surface area (Å²) in [6.45, 7) is 9.70. The Morgan fingerprint density at radius 2 is 2.10 bits per heavy atom. The summed E-state index contributed by atoms with van der Waals surface area (Å²) in [6.07, 6.45) is 3.83. The van der Waals surface area contributed by atoms with E-state index in [1.54, 1.807) is 0 Å². The number of rotatable bonds is 4. The largest absolute Gasteiger partial charge is 0.381 e. The first-order chi connectivity index (χ1) is 9.74. The van der Waals surface area contributed by atoms with Crippen molar-refractivity contribution < 1.29 is 4.74 Å². The molecule has 20 heavy (non-hydrogen) atoms. The van der Waals surface area contributed by atoms with E-state index in [2.05, 4.69) is 30.9 Å². The smallest absolute Gasteiger partial charge is 0.0583 e. The summed E-state index contributed by atoms with van der Waals surface area (Å²) in [5.74, 6) is 1.06. The van der Waals surface area contributed by atoms with Crippen molar-refractivity contribution in [1.82, 2.24) is 9.88 Å². The third-order valence-corrected chi connectivity index (χ3v) is 4.56. The first-order valence-electron chi connectivity index (χ1n) is 8.04. The second-order valence-electron chi connectivity index (χ2n) is 6.47. The predicted octanol–water partition coefficient (Wildman–Crippen LogP) is 3.30. The maximum Gasteiger partial charge on any atom is 0.0583 e. The summed E-state index contributed by atoms with van der Waals surface area (Å²) >= 11 is 0. The predicted molar refractivity (Wildman–Crippen MR) is 81.0 cm³/mol. The van der Waals surface area contributed by atoms with Crippen LogP contribution in [0.1, 0.15) is 61.9 Å². The molecule has 1 aromatic heterocycles. The van der Waals surface area contributed by atoms with Crippen LogP contribution in [-0.4, -0.2) is 36.2 Å². The third kappa shape index (κ3) is 3.04. The summed E-state index contributed by atoms with van der Waals surface area (Å²) in [4.78, 5) is 7.53. The number of nitrogens with zero attached hydrogens (tertiary/aromatic N) is 2. The van der Waals surface area contributed by atoms with Gasteiger partial charge in [0.2, 0.25) is 0 Å². The van der Waals surface area contributed by atoms with Crippen molar-refractivity contribution in [3.8, 4) is 0 Å². The Kier molecular flexibility index (Phi) is 4.37. The van der Waals surface area contributed by atoms with Crippen LogP contribution in [0.25, 0.3) is 0 Å². The van der Waals surface area contributed by atoms with E-state index in [1.807, 2.05) is 0 Å². The molecule has 2 aliphatic heterocycles. The monoisotopic (exact) mass is 274 g/mol. The van der Waals surface area contributed by atoms with Crippen LogP contribution in [0.2, 0.25) is 0 Å². The quantitative estimate of drug-likeness (QED) is 0.842. The van der Waals surface area contributed by atoms with Crippen molar-refractivity contribution in [3.63, 3.8) is 0 Å². The van der Waals surface area contributed by atoms with Crippen molar-refractivity contribution in [3.05, 3.63) is 29.1 Å². The van der Waals surface area contributed by atoms with Crippen molar-refractivity contribution >= 4 is 0 Å². The average Bonchev–Trinajstić information content (AvgIpc) is 3.11. The van der Waals surface area contributed by atoms with E-state index in [9.17, 15) is 0 Å². The lowest BCUT2D eigenvalue weighted by atomic mass is 9.95. The molecule has 1 atom stereocenters. The van der Waals surface area contributed by atoms with Crippen LogP contribution < -0.4 is 0 Å². The molecule has 0 N–H and O–H groups in total. The SMILES string of the molecule is CC(C)c1ccc(C2CCOC2)c(CN2CCCC2)n1. The fraction of sp³-hybridized carbons (Fsp3) is 0.706. The van der Waals surface area contributed by atoms with Crippen LogP contribution in [0.5, 0.6) is 0 Å². The van der Waals surface area contributed by atoms with Crippen LogP contribution in [0.4, 0.5) is 0 Å². The fourth-order valence-electron chi connectivity index (χ4n) is 3.28. The Bertz CT molecular complexity index is 446. The van der Waals surface area contributed by atoms with E-state index >= 15 is 0 Å². The molecule has 0 spiro atoms. The highest BCUT2D eigenvalue weighted by molar-refractivity contribution is 5.28. The molecule has 1 unspecified atom stereocenters. The molecule has 3 rings (SSSR count). The van der Waals surface area contributed by atoms with Crippen molar-refractivity contribution in [2.75, 3.05) is 26.3 Å². The molecule has 2 saturated heterocycles. The van der Waals surface area contributed by atoms with Gasteiger partial charge in [0.05, 0.1) is 12.3 Å².